The summed E-state index contributed by atoms with van der Waals surface area (Å²) in [7, 11) is 1.98. The van der Waals surface area contributed by atoms with Gasteiger partial charge in [-0.2, -0.15) is 5.10 Å². The predicted octanol–water partition coefficient (Wildman–Crippen LogP) is 3.76. The molecule has 3 aromatic carbocycles. The van der Waals surface area contributed by atoms with E-state index in [-0.39, 0.29) is 48.4 Å². The number of piperidine rings is 2. The van der Waals surface area contributed by atoms with Gasteiger partial charge < -0.3 is 30.9 Å². The number of hydrogen-bond acceptors (Lipinski definition) is 13. The summed E-state index contributed by atoms with van der Waals surface area (Å²) in [5, 5.41) is 13.7. The third-order valence-corrected chi connectivity index (χ3v) is 11.6. The van der Waals surface area contributed by atoms with Crippen LogP contribution in [0, 0.1) is 0 Å². The van der Waals surface area contributed by atoms with Crippen LogP contribution < -0.4 is 26.4 Å². The Morgan fingerprint density at radius 2 is 1.70 bits per heavy atom. The number of carbonyl (C=O) groups is 6. The van der Waals surface area contributed by atoms with Crippen molar-refractivity contribution in [2.75, 3.05) is 57.4 Å². The smallest absolute Gasteiger partial charge is 0.264 e. The van der Waals surface area contributed by atoms with Gasteiger partial charge in [0.1, 0.15) is 35.4 Å². The average molecular weight is 856 g/mol. The van der Waals surface area contributed by atoms with Crippen molar-refractivity contribution in [3.63, 3.8) is 0 Å². The van der Waals surface area contributed by atoms with Gasteiger partial charge in [-0.15, -0.1) is 0 Å². The number of nitrogens with one attached hydrogen (secondary N) is 3. The first-order valence-corrected chi connectivity index (χ1v) is 21.2. The Balaban J connectivity index is 0.772. The molecule has 5 heterocycles. The average Bonchev–Trinajstić information content (AvgIpc) is 3.80. The second-order valence-corrected chi connectivity index (χ2v) is 16.0. The lowest BCUT2D eigenvalue weighted by Gasteiger charge is -2.33. The number of nitrogens with zero attached hydrogens (tertiary/aromatic N) is 7. The van der Waals surface area contributed by atoms with Gasteiger partial charge in [-0.3, -0.25) is 39.0 Å². The van der Waals surface area contributed by atoms with E-state index >= 15 is 0 Å². The summed E-state index contributed by atoms with van der Waals surface area (Å²) >= 11 is 0. The molecule has 8 rings (SSSR count). The number of hydrogen-bond donors (Lipinski definition) is 4. The molecule has 5 aromatic rings. The van der Waals surface area contributed by atoms with E-state index in [0.29, 0.717) is 86.0 Å². The summed E-state index contributed by atoms with van der Waals surface area (Å²) in [6.45, 7) is 2.88. The normalized spacial score (nSPS) is 17.6. The SMILES string of the molecule is CN(CCCNC(=O)CNc1cccc2c1C(=O)N(C1CCC(=O)NC1=O)C2=O)CCCC(=O)N1CCCC(n2nc(-c3ccc(Oc4ccccc4)cc3)c3c(N)ncnc32)C1. The lowest BCUT2D eigenvalue weighted by Crippen LogP contribution is -2.54. The Morgan fingerprint density at radius 3 is 2.49 bits per heavy atom. The van der Waals surface area contributed by atoms with Gasteiger partial charge in [-0.1, -0.05) is 24.3 Å². The number of benzene rings is 3. The number of likely N-dealkylation sites (tertiary alicyclic amines) is 1. The van der Waals surface area contributed by atoms with Crippen LogP contribution in [0.3, 0.4) is 0 Å². The number of rotatable bonds is 16. The number of nitrogen functional groups attached to an aromatic ring is 1. The van der Waals surface area contributed by atoms with Crippen molar-refractivity contribution in [1.82, 2.24) is 45.1 Å². The summed E-state index contributed by atoms with van der Waals surface area (Å²) in [5.74, 6) is -0.828. The number of carbonyl (C=O) groups excluding carboxylic acids is 6. The molecule has 0 radical (unpaired) electrons. The number of amides is 6. The molecule has 0 spiro atoms. The van der Waals surface area contributed by atoms with Gasteiger partial charge in [0.05, 0.1) is 29.1 Å². The maximum absolute atomic E-state index is 13.5. The zero-order valence-corrected chi connectivity index (χ0v) is 34.9. The van der Waals surface area contributed by atoms with Crippen LogP contribution in [0.25, 0.3) is 22.3 Å². The molecule has 3 aliphatic rings. The molecule has 2 aromatic heterocycles. The number of fused-ring (bicyclic) bond motifs is 2. The first kappa shape index (κ1) is 42.5. The Hall–Kier alpha value is -7.21. The minimum atomic E-state index is -1.08. The Morgan fingerprint density at radius 1 is 0.921 bits per heavy atom. The fourth-order valence-electron chi connectivity index (χ4n) is 8.39. The van der Waals surface area contributed by atoms with Crippen LogP contribution >= 0.6 is 0 Å². The molecule has 3 aliphatic heterocycles. The molecular formula is C45H49N11O7. The first-order valence-electron chi connectivity index (χ1n) is 21.2. The molecule has 6 amide bonds. The molecular weight excluding hydrogens is 807 g/mol. The molecule has 2 atom stereocenters. The molecule has 2 fully saturated rings. The maximum Gasteiger partial charge on any atom is 0.264 e. The summed E-state index contributed by atoms with van der Waals surface area (Å²) in [5.41, 5.74) is 9.08. The van der Waals surface area contributed by atoms with E-state index in [2.05, 4.69) is 30.8 Å². The summed E-state index contributed by atoms with van der Waals surface area (Å²) in [4.78, 5) is 90.4. The van der Waals surface area contributed by atoms with Gasteiger partial charge >= 0.3 is 0 Å². The van der Waals surface area contributed by atoms with Crippen LogP contribution in [0.4, 0.5) is 11.5 Å². The zero-order valence-electron chi connectivity index (χ0n) is 34.9. The van der Waals surface area contributed by atoms with Gasteiger partial charge in [-0.25, -0.2) is 14.6 Å². The van der Waals surface area contributed by atoms with Gasteiger partial charge in [0, 0.05) is 43.7 Å². The molecule has 5 N–H and O–H groups in total. The van der Waals surface area contributed by atoms with Gasteiger partial charge in [0.2, 0.25) is 23.6 Å². The van der Waals surface area contributed by atoms with Crippen LogP contribution in [-0.4, -0.2) is 122 Å². The highest BCUT2D eigenvalue weighted by atomic mass is 16.5. The van der Waals surface area contributed by atoms with E-state index in [1.807, 2.05) is 71.2 Å². The molecule has 326 valence electrons. The minimum Gasteiger partial charge on any atom is -0.457 e. The van der Waals surface area contributed by atoms with E-state index in [1.165, 1.54) is 12.4 Å². The standard InChI is InChI=1S/C45H49N11O7/c1-53(23-8-21-47-36(58)25-48-33-13-5-12-32-38(33)45(62)55(44(32)61)34-19-20-35(57)51-43(34)60)22-7-14-37(59)54-24-6-9-29(26-54)56-42-39(41(46)49-27-50-42)40(52-56)28-15-17-31(18-16-28)63-30-10-3-2-4-11-30/h2-5,10-13,15-18,27,29,34,48H,6-9,14,19-26H2,1H3,(H,47,58)(H2,46,49,50)(H,51,57,60). The Kier molecular flexibility index (Phi) is 12.7. The minimum absolute atomic E-state index is 0.0242. The largest absolute Gasteiger partial charge is 0.457 e. The van der Waals surface area contributed by atoms with Crippen molar-refractivity contribution in [3.05, 3.63) is 90.3 Å². The van der Waals surface area contributed by atoms with Crippen LogP contribution in [-0.2, 0) is 19.2 Å². The monoisotopic (exact) mass is 855 g/mol. The van der Waals surface area contributed by atoms with E-state index in [4.69, 9.17) is 15.6 Å². The van der Waals surface area contributed by atoms with E-state index in [1.54, 1.807) is 12.1 Å². The molecule has 0 aliphatic carbocycles. The summed E-state index contributed by atoms with van der Waals surface area (Å²) in [6, 6.07) is 20.8. The number of imide groups is 2. The van der Waals surface area contributed by atoms with Crippen molar-refractivity contribution in [1.29, 1.82) is 0 Å². The molecule has 0 bridgehead atoms. The van der Waals surface area contributed by atoms with E-state index in [9.17, 15) is 28.8 Å². The lowest BCUT2D eigenvalue weighted by atomic mass is 10.0. The topological polar surface area (TPSA) is 227 Å². The summed E-state index contributed by atoms with van der Waals surface area (Å²) in [6.07, 6.45) is 4.95. The number of para-hydroxylation sites is 1. The third-order valence-electron chi connectivity index (χ3n) is 11.6. The maximum atomic E-state index is 13.5. The quantitative estimate of drug-likeness (QED) is 0.0820. The second-order valence-electron chi connectivity index (χ2n) is 16.0. The van der Waals surface area contributed by atoms with E-state index in [0.717, 1.165) is 29.1 Å². The zero-order chi connectivity index (χ0) is 44.0. The molecule has 63 heavy (non-hydrogen) atoms. The highest BCUT2D eigenvalue weighted by Crippen LogP contribution is 2.36. The molecule has 2 saturated heterocycles. The first-order chi connectivity index (χ1) is 30.5. The molecule has 18 nitrogen and oxygen atoms in total. The van der Waals surface area contributed by atoms with Crippen LogP contribution in [0.2, 0.25) is 0 Å². The van der Waals surface area contributed by atoms with Crippen molar-refractivity contribution in [2.45, 2.75) is 57.0 Å². The molecule has 18 heteroatoms. The van der Waals surface area contributed by atoms with E-state index < -0.39 is 29.7 Å². The Bertz CT molecular complexity index is 2550. The molecule has 2 unspecified atom stereocenters. The number of nitrogens with two attached hydrogens (primary N) is 1. The lowest BCUT2D eigenvalue weighted by molar-refractivity contribution is -0.136. The number of anilines is 2. The summed E-state index contributed by atoms with van der Waals surface area (Å²) < 4.78 is 7.88. The van der Waals surface area contributed by atoms with Crippen molar-refractivity contribution in [3.8, 4) is 22.8 Å². The van der Waals surface area contributed by atoms with Crippen LogP contribution in [0.5, 0.6) is 11.5 Å². The fourth-order valence-corrected chi connectivity index (χ4v) is 8.39. The van der Waals surface area contributed by atoms with Crippen molar-refractivity contribution in [2.24, 2.45) is 0 Å². The van der Waals surface area contributed by atoms with Crippen molar-refractivity contribution < 1.29 is 33.5 Å². The Labute approximate surface area is 363 Å². The highest BCUT2D eigenvalue weighted by molar-refractivity contribution is 6.25. The third kappa shape index (κ3) is 9.35. The van der Waals surface area contributed by atoms with Crippen LogP contribution in [0.1, 0.15) is 71.7 Å². The van der Waals surface area contributed by atoms with Crippen LogP contribution in [0.15, 0.2) is 79.1 Å². The predicted molar refractivity (Wildman–Crippen MR) is 232 cm³/mol. The van der Waals surface area contributed by atoms with Crippen molar-refractivity contribution >= 4 is 58.0 Å². The fraction of sp³-hybridized carbons (Fsp3) is 0.356. The van der Waals surface area contributed by atoms with Gasteiger partial charge in [-0.05, 0) is 101 Å². The second kappa shape index (κ2) is 18.8. The number of ether oxygens (including phenoxy) is 1. The number of aromatic nitrogens is 4. The molecule has 0 saturated carbocycles. The highest BCUT2D eigenvalue weighted by Gasteiger charge is 2.45. The van der Waals surface area contributed by atoms with Gasteiger partial charge in [0.15, 0.2) is 5.65 Å². The van der Waals surface area contributed by atoms with Gasteiger partial charge in [0.25, 0.3) is 11.8 Å².